The Morgan fingerprint density at radius 3 is 2.73 bits per heavy atom. The van der Waals surface area contributed by atoms with Gasteiger partial charge in [0.15, 0.2) is 0 Å². The van der Waals surface area contributed by atoms with Gasteiger partial charge in [-0.1, -0.05) is 28.2 Å². The summed E-state index contributed by atoms with van der Waals surface area (Å²) in [6, 6.07) is 7.09. The van der Waals surface area contributed by atoms with Crippen LogP contribution in [-0.4, -0.2) is 45.6 Å². The van der Waals surface area contributed by atoms with Gasteiger partial charge in [-0.3, -0.25) is 9.80 Å². The van der Waals surface area contributed by atoms with Gasteiger partial charge in [0.1, 0.15) is 15.8 Å². The zero-order valence-electron chi connectivity index (χ0n) is 12.4. The van der Waals surface area contributed by atoms with E-state index in [1.807, 2.05) is 6.07 Å². The van der Waals surface area contributed by atoms with Crippen LogP contribution in [0.15, 0.2) is 24.3 Å². The van der Waals surface area contributed by atoms with Crippen molar-refractivity contribution in [1.29, 1.82) is 0 Å². The van der Waals surface area contributed by atoms with E-state index in [1.165, 1.54) is 17.6 Å². The van der Waals surface area contributed by atoms with Crippen LogP contribution < -0.4 is 0 Å². The van der Waals surface area contributed by atoms with Gasteiger partial charge in [-0.2, -0.15) is 0 Å². The fourth-order valence-electron chi connectivity index (χ4n) is 2.79. The Kier molecular flexibility index (Phi) is 5.03. The summed E-state index contributed by atoms with van der Waals surface area (Å²) in [7, 11) is 0. The van der Waals surface area contributed by atoms with Gasteiger partial charge in [-0.15, -0.1) is 5.10 Å². The number of nitrogens with zero attached hydrogens (tertiary/aromatic N) is 4. The molecule has 0 saturated carbocycles. The molecule has 0 bridgehead atoms. The van der Waals surface area contributed by atoms with Crippen LogP contribution in [0.3, 0.4) is 0 Å². The maximum absolute atomic E-state index is 13.4. The van der Waals surface area contributed by atoms with Crippen molar-refractivity contribution in [2.45, 2.75) is 19.5 Å². The first kappa shape index (κ1) is 15.8. The number of piperazine rings is 1. The molecule has 1 saturated heterocycles. The molecule has 1 atom stereocenters. The van der Waals surface area contributed by atoms with Gasteiger partial charge in [-0.05, 0) is 24.6 Å². The molecule has 1 aromatic heterocycles. The Hall–Kier alpha value is -1.08. The Morgan fingerprint density at radius 2 is 2.09 bits per heavy atom. The van der Waals surface area contributed by atoms with E-state index in [0.717, 1.165) is 44.0 Å². The third-order valence-electron chi connectivity index (χ3n) is 4.17. The summed E-state index contributed by atoms with van der Waals surface area (Å²) in [4.78, 5) is 4.71. The second kappa shape index (κ2) is 7.00. The van der Waals surface area contributed by atoms with E-state index in [2.05, 4.69) is 26.3 Å². The predicted octanol–water partition coefficient (Wildman–Crippen LogP) is 3.21. The number of hydrogen-bond donors (Lipinski definition) is 0. The average molecular weight is 341 g/mol. The lowest BCUT2D eigenvalue weighted by Crippen LogP contribution is -2.46. The highest BCUT2D eigenvalue weighted by Gasteiger charge is 2.23. The second-order valence-electron chi connectivity index (χ2n) is 5.54. The monoisotopic (exact) mass is 340 g/mol. The summed E-state index contributed by atoms with van der Waals surface area (Å²) in [5, 5.41) is 4.06. The van der Waals surface area contributed by atoms with Crippen LogP contribution in [0.4, 0.5) is 4.39 Å². The number of hydrogen-bond acceptors (Lipinski definition) is 5. The molecule has 0 N–H and O–H groups in total. The minimum absolute atomic E-state index is 0.173. The number of rotatable bonds is 4. The summed E-state index contributed by atoms with van der Waals surface area (Å²) in [6.07, 6.45) is 0. The molecule has 4 nitrogen and oxygen atoms in total. The Balaban J connectivity index is 1.56. The molecule has 0 unspecified atom stereocenters. The first-order valence-corrected chi connectivity index (χ1v) is 8.47. The van der Waals surface area contributed by atoms with Gasteiger partial charge in [0.2, 0.25) is 0 Å². The first-order valence-electron chi connectivity index (χ1n) is 7.32. The van der Waals surface area contributed by atoms with Crippen LogP contribution in [-0.2, 0) is 6.54 Å². The lowest BCUT2D eigenvalue weighted by molar-refractivity contribution is 0.0970. The van der Waals surface area contributed by atoms with E-state index >= 15 is 0 Å². The standard InChI is InChI=1S/C15H18ClFN4S/c1-11(12-3-2-4-13(17)9-12)21-7-5-20(6-8-21)10-14-15(16)22-19-18-14/h2-4,9,11H,5-8,10H2,1H3/t11-/m0/s1. The summed E-state index contributed by atoms with van der Waals surface area (Å²) >= 11 is 7.28. The molecule has 1 aromatic carbocycles. The Bertz CT molecular complexity index is 628. The lowest BCUT2D eigenvalue weighted by Gasteiger charge is -2.38. The molecule has 118 valence electrons. The molecule has 2 heterocycles. The van der Waals surface area contributed by atoms with Gasteiger partial charge in [-0.25, -0.2) is 4.39 Å². The smallest absolute Gasteiger partial charge is 0.138 e. The highest BCUT2D eigenvalue weighted by Crippen LogP contribution is 2.24. The second-order valence-corrected chi connectivity index (χ2v) is 6.89. The Labute approximate surface area is 138 Å². The van der Waals surface area contributed by atoms with Crippen molar-refractivity contribution in [3.8, 4) is 0 Å². The Morgan fingerprint density at radius 1 is 1.32 bits per heavy atom. The maximum atomic E-state index is 13.4. The topological polar surface area (TPSA) is 32.3 Å². The maximum Gasteiger partial charge on any atom is 0.138 e. The molecule has 0 amide bonds. The zero-order valence-corrected chi connectivity index (χ0v) is 13.9. The van der Waals surface area contributed by atoms with Gasteiger partial charge >= 0.3 is 0 Å². The van der Waals surface area contributed by atoms with E-state index in [1.54, 1.807) is 12.1 Å². The summed E-state index contributed by atoms with van der Waals surface area (Å²) in [5.74, 6) is -0.173. The van der Waals surface area contributed by atoms with Crippen molar-refractivity contribution < 1.29 is 4.39 Å². The van der Waals surface area contributed by atoms with Crippen LogP contribution >= 0.6 is 23.1 Å². The molecule has 0 spiro atoms. The van der Waals surface area contributed by atoms with Gasteiger partial charge in [0, 0.05) is 50.3 Å². The molecule has 1 fully saturated rings. The van der Waals surface area contributed by atoms with Crippen LogP contribution in [0.2, 0.25) is 4.34 Å². The molecule has 22 heavy (non-hydrogen) atoms. The van der Waals surface area contributed by atoms with Crippen molar-refractivity contribution in [2.75, 3.05) is 26.2 Å². The SMILES string of the molecule is C[C@@H](c1cccc(F)c1)N1CCN(Cc2nnsc2Cl)CC1. The quantitative estimate of drug-likeness (QED) is 0.855. The normalized spacial score (nSPS) is 18.5. The van der Waals surface area contributed by atoms with Crippen LogP contribution in [0, 0.1) is 5.82 Å². The van der Waals surface area contributed by atoms with E-state index in [0.29, 0.717) is 4.34 Å². The van der Waals surface area contributed by atoms with Crippen molar-refractivity contribution in [2.24, 2.45) is 0 Å². The molecular weight excluding hydrogens is 323 g/mol. The van der Waals surface area contributed by atoms with Crippen molar-refractivity contribution in [3.05, 3.63) is 45.7 Å². The number of aromatic nitrogens is 2. The van der Waals surface area contributed by atoms with E-state index in [4.69, 9.17) is 11.6 Å². The minimum atomic E-state index is -0.173. The lowest BCUT2D eigenvalue weighted by atomic mass is 10.1. The number of benzene rings is 1. The molecule has 0 radical (unpaired) electrons. The first-order chi connectivity index (χ1) is 10.6. The van der Waals surface area contributed by atoms with Crippen LogP contribution in [0.5, 0.6) is 0 Å². The van der Waals surface area contributed by atoms with Crippen molar-refractivity contribution in [3.63, 3.8) is 0 Å². The van der Waals surface area contributed by atoms with Gasteiger partial charge < -0.3 is 0 Å². The van der Waals surface area contributed by atoms with E-state index in [9.17, 15) is 4.39 Å². The molecule has 1 aliphatic heterocycles. The average Bonchev–Trinajstić information content (AvgIpc) is 2.92. The van der Waals surface area contributed by atoms with Gasteiger partial charge in [0.05, 0.1) is 0 Å². The summed E-state index contributed by atoms with van der Waals surface area (Å²) < 4.78 is 17.9. The molecule has 2 aromatic rings. The fraction of sp³-hybridized carbons (Fsp3) is 0.467. The highest BCUT2D eigenvalue weighted by molar-refractivity contribution is 7.10. The highest BCUT2D eigenvalue weighted by atomic mass is 35.5. The minimum Gasteiger partial charge on any atom is -0.295 e. The van der Waals surface area contributed by atoms with E-state index in [-0.39, 0.29) is 11.9 Å². The van der Waals surface area contributed by atoms with E-state index < -0.39 is 0 Å². The molecule has 3 rings (SSSR count). The molecule has 7 heteroatoms. The molecular formula is C15H18ClFN4S. The van der Waals surface area contributed by atoms with Gasteiger partial charge in [0.25, 0.3) is 0 Å². The van der Waals surface area contributed by atoms with Crippen LogP contribution in [0.25, 0.3) is 0 Å². The zero-order chi connectivity index (χ0) is 15.5. The predicted molar refractivity (Wildman–Crippen MR) is 86.6 cm³/mol. The molecule has 1 aliphatic rings. The number of halogens is 2. The molecule has 0 aliphatic carbocycles. The summed E-state index contributed by atoms with van der Waals surface area (Å²) in [6.45, 7) is 6.68. The van der Waals surface area contributed by atoms with Crippen molar-refractivity contribution >= 4 is 23.1 Å². The van der Waals surface area contributed by atoms with Crippen LogP contribution in [0.1, 0.15) is 24.2 Å². The third kappa shape index (κ3) is 3.63. The van der Waals surface area contributed by atoms with Crippen molar-refractivity contribution in [1.82, 2.24) is 19.4 Å². The third-order valence-corrected chi connectivity index (χ3v) is 5.15. The fourth-order valence-corrected chi connectivity index (χ4v) is 3.40. The summed E-state index contributed by atoms with van der Waals surface area (Å²) in [5.41, 5.74) is 1.89. The largest absolute Gasteiger partial charge is 0.295 e.